The molecule has 0 aliphatic heterocycles. The van der Waals surface area contributed by atoms with Crippen molar-refractivity contribution in [3.8, 4) is 11.6 Å². The van der Waals surface area contributed by atoms with Gasteiger partial charge in [-0.3, -0.25) is 4.98 Å². The molecule has 0 aliphatic rings. The molecule has 0 unspecified atom stereocenters. The smallest absolute Gasteiger partial charge is 0.226 e. The lowest BCUT2D eigenvalue weighted by Gasteiger charge is -2.09. The molecule has 0 radical (unpaired) electrons. The van der Waals surface area contributed by atoms with Gasteiger partial charge in [0.1, 0.15) is 12.1 Å². The Bertz CT molecular complexity index is 712. The van der Waals surface area contributed by atoms with E-state index in [0.717, 1.165) is 16.5 Å². The van der Waals surface area contributed by atoms with Crippen molar-refractivity contribution >= 4 is 22.5 Å². The summed E-state index contributed by atoms with van der Waals surface area (Å²) in [5.41, 5.74) is 1.63. The molecular formula is C14H10ClN3O. The second kappa shape index (κ2) is 5.20. The summed E-state index contributed by atoms with van der Waals surface area (Å²) in [4.78, 5) is 12.3. The maximum atomic E-state index is 5.84. The summed E-state index contributed by atoms with van der Waals surface area (Å²) in [7, 11) is 0. The Hall–Kier alpha value is -2.20. The zero-order chi connectivity index (χ0) is 13.1. The van der Waals surface area contributed by atoms with Crippen molar-refractivity contribution in [2.75, 3.05) is 0 Å². The molecule has 2 aromatic heterocycles. The molecule has 0 amide bonds. The van der Waals surface area contributed by atoms with Gasteiger partial charge in [-0.15, -0.1) is 11.6 Å². The fourth-order valence-corrected chi connectivity index (χ4v) is 1.98. The molecule has 0 aliphatic carbocycles. The summed E-state index contributed by atoms with van der Waals surface area (Å²) < 4.78 is 5.84. The molecule has 0 atom stereocenters. The predicted molar refractivity (Wildman–Crippen MR) is 73.4 cm³/mol. The van der Waals surface area contributed by atoms with Gasteiger partial charge in [0, 0.05) is 23.3 Å². The minimum Gasteiger partial charge on any atom is -0.438 e. The Balaban J connectivity index is 2.06. The van der Waals surface area contributed by atoms with Crippen molar-refractivity contribution in [2.24, 2.45) is 0 Å². The predicted octanol–water partition coefficient (Wildman–Crippen LogP) is 3.56. The number of halogens is 1. The van der Waals surface area contributed by atoms with Crippen LogP contribution in [0.5, 0.6) is 11.6 Å². The van der Waals surface area contributed by atoms with Crippen molar-refractivity contribution < 1.29 is 4.74 Å². The first-order valence-corrected chi connectivity index (χ1v) is 6.28. The van der Waals surface area contributed by atoms with Gasteiger partial charge in [-0.25, -0.2) is 9.97 Å². The number of alkyl halides is 1. The minimum absolute atomic E-state index is 0.305. The average Bonchev–Trinajstić information content (AvgIpc) is 2.48. The number of aromatic nitrogens is 3. The van der Waals surface area contributed by atoms with E-state index < -0.39 is 0 Å². The van der Waals surface area contributed by atoms with Gasteiger partial charge < -0.3 is 4.74 Å². The molecule has 1 aromatic carbocycles. The van der Waals surface area contributed by atoms with E-state index >= 15 is 0 Å². The first kappa shape index (κ1) is 11.9. The van der Waals surface area contributed by atoms with Crippen molar-refractivity contribution in [1.82, 2.24) is 15.0 Å². The van der Waals surface area contributed by atoms with Crippen LogP contribution in [0, 0.1) is 0 Å². The zero-order valence-electron chi connectivity index (χ0n) is 9.95. The minimum atomic E-state index is 0.305. The van der Waals surface area contributed by atoms with E-state index in [-0.39, 0.29) is 0 Å². The number of rotatable bonds is 3. The van der Waals surface area contributed by atoms with Crippen LogP contribution < -0.4 is 4.74 Å². The van der Waals surface area contributed by atoms with Crippen LogP contribution in [0.15, 0.2) is 49.1 Å². The first-order chi connectivity index (χ1) is 9.38. The third-order valence-electron chi connectivity index (χ3n) is 2.70. The van der Waals surface area contributed by atoms with E-state index in [9.17, 15) is 0 Å². The van der Waals surface area contributed by atoms with Crippen molar-refractivity contribution in [3.05, 3.63) is 54.6 Å². The van der Waals surface area contributed by atoms with Gasteiger partial charge in [0.15, 0.2) is 0 Å². The summed E-state index contributed by atoms with van der Waals surface area (Å²) >= 11 is 5.84. The number of fused-ring (bicyclic) bond motifs is 1. The Kier molecular flexibility index (Phi) is 3.25. The molecule has 0 saturated carbocycles. The van der Waals surface area contributed by atoms with E-state index in [1.54, 1.807) is 12.4 Å². The molecule has 0 bridgehead atoms. The molecule has 2 heterocycles. The van der Waals surface area contributed by atoms with Crippen LogP contribution in [-0.2, 0) is 5.88 Å². The molecule has 4 nitrogen and oxygen atoms in total. The standard InChI is InChI=1S/C14H10ClN3O/c15-7-10-8-16-9-18-14(10)19-13-5-1-4-12-11(13)3-2-6-17-12/h1-6,8-9H,7H2. The van der Waals surface area contributed by atoms with Crippen LogP contribution in [0.1, 0.15) is 5.56 Å². The highest BCUT2D eigenvalue weighted by molar-refractivity contribution is 6.17. The van der Waals surface area contributed by atoms with Crippen LogP contribution >= 0.6 is 11.6 Å². The molecule has 0 saturated heterocycles. The number of hydrogen-bond acceptors (Lipinski definition) is 4. The van der Waals surface area contributed by atoms with Crippen molar-refractivity contribution in [1.29, 1.82) is 0 Å². The molecule has 5 heteroatoms. The van der Waals surface area contributed by atoms with Crippen LogP contribution in [0.3, 0.4) is 0 Å². The number of nitrogens with zero attached hydrogens (tertiary/aromatic N) is 3. The second-order valence-electron chi connectivity index (χ2n) is 3.92. The van der Waals surface area contributed by atoms with Gasteiger partial charge in [0.2, 0.25) is 5.88 Å². The average molecular weight is 272 g/mol. The van der Waals surface area contributed by atoms with E-state index in [1.807, 2.05) is 30.3 Å². The summed E-state index contributed by atoms with van der Waals surface area (Å²) in [5, 5.41) is 0.934. The monoisotopic (exact) mass is 271 g/mol. The molecule has 19 heavy (non-hydrogen) atoms. The van der Waals surface area contributed by atoms with Gasteiger partial charge in [0.05, 0.1) is 11.4 Å². The summed E-state index contributed by atoms with van der Waals surface area (Å²) in [6.07, 6.45) is 4.84. The number of hydrogen-bond donors (Lipinski definition) is 0. The molecule has 94 valence electrons. The lowest BCUT2D eigenvalue weighted by molar-refractivity contribution is 0.461. The highest BCUT2D eigenvalue weighted by Gasteiger charge is 2.08. The largest absolute Gasteiger partial charge is 0.438 e. The Labute approximate surface area is 115 Å². The van der Waals surface area contributed by atoms with Crippen LogP contribution in [0.25, 0.3) is 10.9 Å². The zero-order valence-corrected chi connectivity index (χ0v) is 10.7. The summed E-state index contributed by atoms with van der Waals surface area (Å²) in [5.74, 6) is 1.48. The Morgan fingerprint density at radius 1 is 1.11 bits per heavy atom. The van der Waals surface area contributed by atoms with E-state index in [0.29, 0.717) is 17.5 Å². The lowest BCUT2D eigenvalue weighted by Crippen LogP contribution is -1.94. The first-order valence-electron chi connectivity index (χ1n) is 5.75. The SMILES string of the molecule is ClCc1cncnc1Oc1cccc2ncccc12. The maximum Gasteiger partial charge on any atom is 0.226 e. The number of benzene rings is 1. The molecule has 3 aromatic rings. The van der Waals surface area contributed by atoms with Crippen LogP contribution in [0.4, 0.5) is 0 Å². The van der Waals surface area contributed by atoms with Gasteiger partial charge >= 0.3 is 0 Å². The lowest BCUT2D eigenvalue weighted by atomic mass is 10.2. The van der Waals surface area contributed by atoms with Gasteiger partial charge in [-0.1, -0.05) is 6.07 Å². The molecule has 3 rings (SSSR count). The van der Waals surface area contributed by atoms with Crippen molar-refractivity contribution in [2.45, 2.75) is 5.88 Å². The maximum absolute atomic E-state index is 5.84. The van der Waals surface area contributed by atoms with Crippen LogP contribution in [-0.4, -0.2) is 15.0 Å². The molecule has 0 N–H and O–H groups in total. The van der Waals surface area contributed by atoms with E-state index in [1.165, 1.54) is 6.33 Å². The molecular weight excluding hydrogens is 262 g/mol. The quantitative estimate of drug-likeness (QED) is 0.684. The molecule has 0 fully saturated rings. The van der Waals surface area contributed by atoms with Gasteiger partial charge in [-0.2, -0.15) is 0 Å². The van der Waals surface area contributed by atoms with E-state index in [4.69, 9.17) is 16.3 Å². The number of pyridine rings is 1. The third-order valence-corrected chi connectivity index (χ3v) is 2.99. The highest BCUT2D eigenvalue weighted by atomic mass is 35.5. The second-order valence-corrected chi connectivity index (χ2v) is 4.18. The van der Waals surface area contributed by atoms with E-state index in [2.05, 4.69) is 15.0 Å². The fraction of sp³-hybridized carbons (Fsp3) is 0.0714. The topological polar surface area (TPSA) is 47.9 Å². The van der Waals surface area contributed by atoms with Gasteiger partial charge in [0.25, 0.3) is 0 Å². The fourth-order valence-electron chi connectivity index (χ4n) is 1.80. The van der Waals surface area contributed by atoms with Gasteiger partial charge in [-0.05, 0) is 24.3 Å². The molecule has 0 spiro atoms. The highest BCUT2D eigenvalue weighted by Crippen LogP contribution is 2.29. The van der Waals surface area contributed by atoms with Crippen molar-refractivity contribution in [3.63, 3.8) is 0 Å². The normalized spacial score (nSPS) is 10.6. The summed E-state index contributed by atoms with van der Waals surface area (Å²) in [6, 6.07) is 9.54. The van der Waals surface area contributed by atoms with Crippen LogP contribution in [0.2, 0.25) is 0 Å². The number of ether oxygens (including phenoxy) is 1. The Morgan fingerprint density at radius 3 is 2.95 bits per heavy atom. The summed E-state index contributed by atoms with van der Waals surface area (Å²) in [6.45, 7) is 0. The third kappa shape index (κ3) is 2.35. The Morgan fingerprint density at radius 2 is 2.05 bits per heavy atom.